The molecule has 0 saturated heterocycles. The minimum absolute atomic E-state index is 0.0562. The molecule has 0 amide bonds. The smallest absolute Gasteiger partial charge is 0.295 e. The summed E-state index contributed by atoms with van der Waals surface area (Å²) in [7, 11) is -4.03. The summed E-state index contributed by atoms with van der Waals surface area (Å²) < 4.78 is 78.2. The Bertz CT molecular complexity index is 1180. The van der Waals surface area contributed by atoms with Gasteiger partial charge in [-0.2, -0.15) is 0 Å². The number of alkyl halides is 2. The Morgan fingerprint density at radius 2 is 1.71 bits per heavy atom. The second-order valence-electron chi connectivity index (χ2n) is 5.81. The lowest BCUT2D eigenvalue weighted by Crippen LogP contribution is -2.03. The highest BCUT2D eigenvalue weighted by Gasteiger charge is 2.25. The van der Waals surface area contributed by atoms with Crippen molar-refractivity contribution in [3.63, 3.8) is 0 Å². The van der Waals surface area contributed by atoms with Gasteiger partial charge in [-0.3, -0.25) is 0 Å². The van der Waals surface area contributed by atoms with Crippen LogP contribution in [0.25, 0.3) is 22.5 Å². The monoisotopic (exact) mass is 452 g/mol. The Morgan fingerprint density at radius 1 is 1.04 bits per heavy atom. The maximum atomic E-state index is 14.6. The molecular formula is C17H10Cl2F4N2O2S. The highest BCUT2D eigenvalue weighted by Crippen LogP contribution is 2.37. The fourth-order valence-corrected chi connectivity index (χ4v) is 3.57. The Balaban J connectivity index is 2.27. The van der Waals surface area contributed by atoms with Gasteiger partial charge in [-0.1, -0.05) is 29.3 Å². The highest BCUT2D eigenvalue weighted by molar-refractivity contribution is 7.90. The molecule has 3 aromatic rings. The number of rotatable bonds is 4. The molecule has 1 heterocycles. The van der Waals surface area contributed by atoms with Crippen molar-refractivity contribution in [2.45, 2.75) is 11.3 Å². The second kappa shape index (κ2) is 7.38. The summed E-state index contributed by atoms with van der Waals surface area (Å²) in [6.45, 7) is 0. The predicted molar refractivity (Wildman–Crippen MR) is 97.5 cm³/mol. The van der Waals surface area contributed by atoms with Crippen LogP contribution in [0.1, 0.15) is 12.2 Å². The Morgan fingerprint density at radius 3 is 2.29 bits per heavy atom. The number of H-pyrrole nitrogens is 1. The van der Waals surface area contributed by atoms with Crippen LogP contribution in [0.15, 0.2) is 35.2 Å². The van der Waals surface area contributed by atoms with E-state index in [9.17, 15) is 26.0 Å². The van der Waals surface area contributed by atoms with Crippen molar-refractivity contribution in [1.29, 1.82) is 0 Å². The number of sulfone groups is 1. The maximum Gasteiger partial charge on any atom is 0.295 e. The molecule has 0 bridgehead atoms. The number of hydrogen-bond donors (Lipinski definition) is 1. The van der Waals surface area contributed by atoms with Crippen molar-refractivity contribution in [3.05, 3.63) is 57.8 Å². The van der Waals surface area contributed by atoms with E-state index in [1.165, 1.54) is 18.2 Å². The standard InChI is InChI=1S/C17H10Cl2F4N2O2S/c1-28(26,27)13-6-11(20)8(5-12(13)21)15-14(24-17(25-15)16(22)23)7-2-3-9(18)10(19)4-7/h2-6,16H,1H3,(H,24,25). The van der Waals surface area contributed by atoms with Gasteiger partial charge in [-0.25, -0.2) is 31.0 Å². The molecule has 0 spiro atoms. The fraction of sp³-hybridized carbons (Fsp3) is 0.118. The molecule has 11 heteroatoms. The molecule has 1 aromatic heterocycles. The van der Waals surface area contributed by atoms with E-state index in [2.05, 4.69) is 9.97 Å². The topological polar surface area (TPSA) is 62.8 Å². The van der Waals surface area contributed by atoms with Gasteiger partial charge in [0, 0.05) is 17.4 Å². The van der Waals surface area contributed by atoms with Crippen LogP contribution in [0.2, 0.25) is 10.0 Å². The quantitative estimate of drug-likeness (QED) is 0.518. The SMILES string of the molecule is CS(=O)(=O)c1cc(F)c(-c2nc(C(F)F)[nH]c2-c2ccc(Cl)c(Cl)c2)cc1F. The number of aromatic nitrogens is 2. The molecule has 28 heavy (non-hydrogen) atoms. The molecule has 0 radical (unpaired) electrons. The van der Waals surface area contributed by atoms with Gasteiger partial charge < -0.3 is 4.98 Å². The van der Waals surface area contributed by atoms with Gasteiger partial charge in [-0.05, 0) is 24.3 Å². The summed E-state index contributed by atoms with van der Waals surface area (Å²) in [5.74, 6) is -3.15. The number of benzene rings is 2. The largest absolute Gasteiger partial charge is 0.337 e. The second-order valence-corrected chi connectivity index (χ2v) is 8.61. The van der Waals surface area contributed by atoms with Crippen LogP contribution < -0.4 is 0 Å². The first-order valence-corrected chi connectivity index (χ1v) is 10.2. The average molecular weight is 453 g/mol. The molecule has 0 aliphatic carbocycles. The fourth-order valence-electron chi connectivity index (χ4n) is 2.54. The first kappa shape index (κ1) is 20.6. The van der Waals surface area contributed by atoms with E-state index >= 15 is 0 Å². The summed E-state index contributed by atoms with van der Waals surface area (Å²) in [4.78, 5) is 5.18. The summed E-state index contributed by atoms with van der Waals surface area (Å²) in [6.07, 6.45) is -2.30. The van der Waals surface area contributed by atoms with Gasteiger partial charge >= 0.3 is 0 Å². The van der Waals surface area contributed by atoms with E-state index in [0.717, 1.165) is 6.26 Å². The third-order valence-corrected chi connectivity index (χ3v) is 5.66. The minimum atomic E-state index is -4.03. The van der Waals surface area contributed by atoms with Crippen LogP contribution in [0, 0.1) is 11.6 Å². The van der Waals surface area contributed by atoms with Crippen LogP contribution in [-0.2, 0) is 9.84 Å². The Kier molecular flexibility index (Phi) is 5.44. The van der Waals surface area contributed by atoms with Gasteiger partial charge in [0.2, 0.25) is 0 Å². The molecule has 2 aromatic carbocycles. The van der Waals surface area contributed by atoms with Crippen molar-refractivity contribution < 1.29 is 26.0 Å². The maximum absolute atomic E-state index is 14.6. The van der Waals surface area contributed by atoms with E-state index in [1.54, 1.807) is 0 Å². The number of aromatic amines is 1. The number of halogens is 6. The van der Waals surface area contributed by atoms with Crippen molar-refractivity contribution in [1.82, 2.24) is 9.97 Å². The van der Waals surface area contributed by atoms with Crippen molar-refractivity contribution in [2.75, 3.05) is 6.26 Å². The lowest BCUT2D eigenvalue weighted by atomic mass is 10.0. The van der Waals surface area contributed by atoms with Gasteiger partial charge in [0.05, 0.1) is 21.4 Å². The van der Waals surface area contributed by atoms with Crippen molar-refractivity contribution in [2.24, 2.45) is 0 Å². The van der Waals surface area contributed by atoms with Crippen LogP contribution in [0.4, 0.5) is 17.6 Å². The summed E-state index contributed by atoms with van der Waals surface area (Å²) in [5.41, 5.74) is -0.630. The number of nitrogens with one attached hydrogen (secondary N) is 1. The Labute approximate surface area is 167 Å². The van der Waals surface area contributed by atoms with Crippen LogP contribution in [0.5, 0.6) is 0 Å². The first-order valence-electron chi connectivity index (χ1n) is 7.52. The van der Waals surface area contributed by atoms with Gasteiger partial charge in [0.25, 0.3) is 6.43 Å². The molecule has 1 N–H and O–H groups in total. The van der Waals surface area contributed by atoms with Crippen LogP contribution in [0.3, 0.4) is 0 Å². The molecule has 0 fully saturated rings. The molecule has 4 nitrogen and oxygen atoms in total. The van der Waals surface area contributed by atoms with Crippen molar-refractivity contribution >= 4 is 33.0 Å². The van der Waals surface area contributed by atoms with Crippen molar-refractivity contribution in [3.8, 4) is 22.5 Å². The zero-order valence-electron chi connectivity index (χ0n) is 13.9. The zero-order valence-corrected chi connectivity index (χ0v) is 16.2. The van der Waals surface area contributed by atoms with E-state index in [4.69, 9.17) is 23.2 Å². The van der Waals surface area contributed by atoms with Crippen LogP contribution >= 0.6 is 23.2 Å². The number of imidazole rings is 1. The molecule has 3 rings (SSSR count). The summed E-state index contributed by atoms with van der Waals surface area (Å²) in [6, 6.07) is 5.25. The molecule has 0 saturated carbocycles. The van der Waals surface area contributed by atoms with Gasteiger partial charge in [0.15, 0.2) is 15.7 Å². The molecule has 0 aliphatic rings. The minimum Gasteiger partial charge on any atom is -0.337 e. The average Bonchev–Trinajstić information content (AvgIpc) is 3.03. The molecular weight excluding hydrogens is 443 g/mol. The summed E-state index contributed by atoms with van der Waals surface area (Å²) in [5, 5.41) is 0.313. The van der Waals surface area contributed by atoms with Gasteiger partial charge in [-0.15, -0.1) is 0 Å². The molecule has 148 valence electrons. The Hall–Kier alpha value is -2.10. The normalized spacial score (nSPS) is 12.0. The van der Waals surface area contributed by atoms with Crippen LogP contribution in [-0.4, -0.2) is 24.6 Å². The molecule has 0 atom stereocenters. The van der Waals surface area contributed by atoms with E-state index in [-0.39, 0.29) is 27.0 Å². The summed E-state index contributed by atoms with van der Waals surface area (Å²) >= 11 is 11.8. The third-order valence-electron chi connectivity index (χ3n) is 3.81. The van der Waals surface area contributed by atoms with E-state index in [1.807, 2.05) is 0 Å². The number of hydrogen-bond acceptors (Lipinski definition) is 3. The van der Waals surface area contributed by atoms with E-state index < -0.39 is 44.2 Å². The number of nitrogens with zero attached hydrogens (tertiary/aromatic N) is 1. The zero-order chi connectivity index (χ0) is 20.8. The molecule has 0 unspecified atom stereocenters. The predicted octanol–water partition coefficient (Wildman–Crippen LogP) is 5.67. The highest BCUT2D eigenvalue weighted by atomic mass is 35.5. The van der Waals surface area contributed by atoms with E-state index in [0.29, 0.717) is 12.1 Å². The van der Waals surface area contributed by atoms with Gasteiger partial charge in [0.1, 0.15) is 16.5 Å². The third kappa shape index (κ3) is 3.87. The molecule has 0 aliphatic heterocycles. The first-order chi connectivity index (χ1) is 13.0. The lowest BCUT2D eigenvalue weighted by molar-refractivity contribution is 0.141. The lowest BCUT2D eigenvalue weighted by Gasteiger charge is -2.08.